The van der Waals surface area contributed by atoms with Crippen molar-refractivity contribution in [2.45, 2.75) is 6.54 Å². The van der Waals surface area contributed by atoms with Crippen molar-refractivity contribution in [2.24, 2.45) is 0 Å². The molecule has 0 saturated heterocycles. The predicted octanol–water partition coefficient (Wildman–Crippen LogP) is 4.62. The third kappa shape index (κ3) is 4.69. The van der Waals surface area contributed by atoms with E-state index >= 15 is 0 Å². The highest BCUT2D eigenvalue weighted by molar-refractivity contribution is 6.10. The first-order chi connectivity index (χ1) is 16.5. The van der Waals surface area contributed by atoms with Gasteiger partial charge in [0.05, 0.1) is 20.8 Å². The average molecular weight is 455 g/mol. The molecule has 34 heavy (non-hydrogen) atoms. The molecule has 0 spiro atoms. The van der Waals surface area contributed by atoms with Crippen molar-refractivity contribution in [2.75, 3.05) is 19.5 Å². The van der Waals surface area contributed by atoms with Crippen LogP contribution in [0.15, 0.2) is 76.9 Å². The summed E-state index contributed by atoms with van der Waals surface area (Å²) in [6, 6.07) is 19.7. The van der Waals surface area contributed by atoms with E-state index in [-0.39, 0.29) is 11.3 Å². The van der Waals surface area contributed by atoms with E-state index in [0.29, 0.717) is 29.3 Å². The molecule has 2 aromatic carbocycles. The first-order valence-corrected chi connectivity index (χ1v) is 10.3. The second-order valence-corrected chi connectivity index (χ2v) is 7.34. The molecule has 0 bridgehead atoms. The Balaban J connectivity index is 1.62. The molecule has 170 valence electrons. The van der Waals surface area contributed by atoms with Crippen molar-refractivity contribution in [3.63, 3.8) is 0 Å². The smallest absolute Gasteiger partial charge is 0.373 e. The molecule has 0 radical (unpaired) electrons. The van der Waals surface area contributed by atoms with E-state index in [0.717, 1.165) is 10.9 Å². The number of ether oxygens (including phenoxy) is 2. The predicted molar refractivity (Wildman–Crippen MR) is 126 cm³/mol. The van der Waals surface area contributed by atoms with Crippen LogP contribution >= 0.6 is 0 Å². The fourth-order valence-corrected chi connectivity index (χ4v) is 3.54. The minimum Gasteiger partial charge on any atom is -0.497 e. The Labute approximate surface area is 195 Å². The summed E-state index contributed by atoms with van der Waals surface area (Å²) in [6.45, 7) is 0.352. The minimum absolute atomic E-state index is 0.0373. The Morgan fingerprint density at radius 2 is 1.85 bits per heavy atom. The van der Waals surface area contributed by atoms with Crippen LogP contribution in [0, 0.1) is 11.3 Å². The highest BCUT2D eigenvalue weighted by Gasteiger charge is 2.15. The molecule has 0 atom stereocenters. The molecule has 1 N–H and O–H groups in total. The summed E-state index contributed by atoms with van der Waals surface area (Å²) in [6.07, 6.45) is 3.39. The highest BCUT2D eigenvalue weighted by Crippen LogP contribution is 2.25. The third-order valence-electron chi connectivity index (χ3n) is 5.21. The van der Waals surface area contributed by atoms with E-state index in [2.05, 4.69) is 10.1 Å². The van der Waals surface area contributed by atoms with Gasteiger partial charge < -0.3 is 23.8 Å². The molecule has 2 heterocycles. The lowest BCUT2D eigenvalue weighted by atomic mass is 10.1. The molecule has 0 aliphatic carbocycles. The molecule has 1 amide bonds. The van der Waals surface area contributed by atoms with Crippen molar-refractivity contribution >= 4 is 34.5 Å². The Morgan fingerprint density at radius 3 is 2.56 bits per heavy atom. The molecule has 0 saturated carbocycles. The number of nitrogens with zero attached hydrogens (tertiary/aromatic N) is 2. The van der Waals surface area contributed by atoms with E-state index in [9.17, 15) is 14.9 Å². The van der Waals surface area contributed by atoms with E-state index in [1.807, 2.05) is 41.1 Å². The number of carbonyl (C=O) groups excluding carboxylic acids is 2. The fraction of sp³-hybridized carbons (Fsp3) is 0.115. The zero-order valence-corrected chi connectivity index (χ0v) is 18.6. The van der Waals surface area contributed by atoms with Crippen LogP contribution in [0.25, 0.3) is 17.0 Å². The number of amides is 1. The number of rotatable bonds is 7. The number of hydrogen-bond donors (Lipinski definition) is 1. The maximum absolute atomic E-state index is 12.7. The quantitative estimate of drug-likeness (QED) is 0.248. The number of nitriles is 1. The van der Waals surface area contributed by atoms with Gasteiger partial charge in [0.2, 0.25) is 5.76 Å². The normalized spacial score (nSPS) is 11.1. The van der Waals surface area contributed by atoms with Crippen LogP contribution < -0.4 is 10.1 Å². The lowest BCUT2D eigenvalue weighted by Gasteiger charge is -2.05. The van der Waals surface area contributed by atoms with Crippen molar-refractivity contribution < 1.29 is 23.5 Å². The number of anilines is 1. The number of methoxy groups -OCH3 is 2. The fourth-order valence-electron chi connectivity index (χ4n) is 3.54. The van der Waals surface area contributed by atoms with Crippen LogP contribution in [0.2, 0.25) is 0 Å². The molecule has 0 aliphatic heterocycles. The lowest BCUT2D eigenvalue weighted by Crippen LogP contribution is -2.13. The first-order valence-electron chi connectivity index (χ1n) is 10.3. The number of esters is 1. The molecule has 0 aliphatic rings. The summed E-state index contributed by atoms with van der Waals surface area (Å²) < 4.78 is 17.3. The van der Waals surface area contributed by atoms with E-state index in [1.54, 1.807) is 49.6 Å². The molecule has 8 nitrogen and oxygen atoms in total. The second-order valence-electron chi connectivity index (χ2n) is 7.34. The van der Waals surface area contributed by atoms with Crippen LogP contribution in [-0.4, -0.2) is 30.7 Å². The third-order valence-corrected chi connectivity index (χ3v) is 5.21. The highest BCUT2D eigenvalue weighted by atomic mass is 16.5. The number of para-hydroxylation sites is 1. The van der Waals surface area contributed by atoms with Crippen molar-refractivity contribution in [3.05, 3.63) is 89.5 Å². The first kappa shape index (κ1) is 22.4. The molecule has 8 heteroatoms. The van der Waals surface area contributed by atoms with Crippen molar-refractivity contribution in [1.82, 2.24) is 4.57 Å². The van der Waals surface area contributed by atoms with E-state index in [1.165, 1.54) is 7.11 Å². The molecule has 0 unspecified atom stereocenters. The summed E-state index contributed by atoms with van der Waals surface area (Å²) >= 11 is 0. The summed E-state index contributed by atoms with van der Waals surface area (Å²) in [7, 11) is 2.85. The van der Waals surface area contributed by atoms with Gasteiger partial charge in [0, 0.05) is 28.4 Å². The molecule has 4 rings (SSSR count). The molecular formula is C26H21N3O5. The average Bonchev–Trinajstić information content (AvgIpc) is 3.47. The maximum atomic E-state index is 12.7. The summed E-state index contributed by atoms with van der Waals surface area (Å²) in [4.78, 5) is 24.4. The van der Waals surface area contributed by atoms with Gasteiger partial charge in [-0.3, -0.25) is 4.79 Å². The number of fused-ring (bicyclic) bond motifs is 1. The number of furan rings is 1. The second kappa shape index (κ2) is 9.79. The van der Waals surface area contributed by atoms with Gasteiger partial charge in [-0.1, -0.05) is 18.2 Å². The number of nitrogens with one attached hydrogen (secondary N) is 1. The lowest BCUT2D eigenvalue weighted by molar-refractivity contribution is -0.112. The van der Waals surface area contributed by atoms with Gasteiger partial charge in [0.25, 0.3) is 5.91 Å². The zero-order chi connectivity index (χ0) is 24.1. The largest absolute Gasteiger partial charge is 0.497 e. The molecule has 2 aromatic heterocycles. The van der Waals surface area contributed by atoms with Crippen molar-refractivity contribution in [1.29, 1.82) is 5.26 Å². The number of aromatic nitrogens is 1. The van der Waals surface area contributed by atoms with Crippen LogP contribution in [0.1, 0.15) is 21.9 Å². The maximum Gasteiger partial charge on any atom is 0.373 e. The van der Waals surface area contributed by atoms with Crippen LogP contribution in [0.5, 0.6) is 5.75 Å². The number of carbonyl (C=O) groups is 2. The number of benzene rings is 2. The summed E-state index contributed by atoms with van der Waals surface area (Å²) in [5, 5.41) is 13.2. The topological polar surface area (TPSA) is 106 Å². The Hall–Kier alpha value is -4.77. The van der Waals surface area contributed by atoms with E-state index in [4.69, 9.17) is 9.15 Å². The summed E-state index contributed by atoms with van der Waals surface area (Å²) in [5.74, 6) is 0.287. The van der Waals surface area contributed by atoms with Gasteiger partial charge in [-0.25, -0.2) is 4.79 Å². The van der Waals surface area contributed by atoms with Gasteiger partial charge in [-0.15, -0.1) is 0 Å². The monoisotopic (exact) mass is 455 g/mol. The molecule has 0 fully saturated rings. The van der Waals surface area contributed by atoms with Gasteiger partial charge in [-0.2, -0.15) is 5.26 Å². The Bertz CT molecular complexity index is 1420. The minimum atomic E-state index is -0.547. The van der Waals surface area contributed by atoms with Gasteiger partial charge in [-0.05, 0) is 48.5 Å². The Morgan fingerprint density at radius 1 is 1.09 bits per heavy atom. The van der Waals surface area contributed by atoms with Crippen LogP contribution in [0.4, 0.5) is 5.69 Å². The summed E-state index contributed by atoms with van der Waals surface area (Å²) in [5.41, 5.74) is 2.10. The molecular weight excluding hydrogens is 434 g/mol. The van der Waals surface area contributed by atoms with Crippen molar-refractivity contribution in [3.8, 4) is 11.8 Å². The van der Waals surface area contributed by atoms with E-state index < -0.39 is 11.9 Å². The van der Waals surface area contributed by atoms with Crippen LogP contribution in [-0.2, 0) is 16.1 Å². The SMILES string of the molecule is COC(=O)c1ccc(Cn2cc(/C=C(/C#N)C(=O)Nc3ccc(OC)cc3)c3ccccc32)o1. The van der Waals surface area contributed by atoms with Crippen LogP contribution in [0.3, 0.4) is 0 Å². The molecule has 4 aromatic rings. The van der Waals surface area contributed by atoms with Gasteiger partial charge in [0.1, 0.15) is 23.2 Å². The number of hydrogen-bond acceptors (Lipinski definition) is 6. The van der Waals surface area contributed by atoms with Gasteiger partial charge in [0.15, 0.2) is 0 Å². The standard InChI is InChI=1S/C26H21N3O5/c1-32-20-9-7-19(8-10-20)28-25(30)17(14-27)13-18-15-29(23-6-4-3-5-22(18)23)16-21-11-12-24(34-21)26(31)33-2/h3-13,15H,16H2,1-2H3,(H,28,30)/b17-13-. The zero-order valence-electron chi connectivity index (χ0n) is 18.6. The Kier molecular flexibility index (Phi) is 6.46. The van der Waals surface area contributed by atoms with Gasteiger partial charge >= 0.3 is 5.97 Å².